The molecule has 6 rings (SSSR count). The summed E-state index contributed by atoms with van der Waals surface area (Å²) in [7, 11) is 0. The van der Waals surface area contributed by atoms with E-state index >= 15 is 0 Å². The van der Waals surface area contributed by atoms with E-state index < -0.39 is 0 Å². The van der Waals surface area contributed by atoms with Gasteiger partial charge in [0.25, 0.3) is 5.91 Å². The van der Waals surface area contributed by atoms with Gasteiger partial charge in [-0.2, -0.15) is 4.98 Å². The second-order valence-electron chi connectivity index (χ2n) is 9.17. The highest BCUT2D eigenvalue weighted by Crippen LogP contribution is 2.34. The quantitative estimate of drug-likeness (QED) is 0.437. The van der Waals surface area contributed by atoms with Crippen LogP contribution in [0.4, 0.5) is 16.2 Å². The van der Waals surface area contributed by atoms with Crippen LogP contribution in [0.1, 0.15) is 12.8 Å². The number of halogens is 2. The Hall–Kier alpha value is -3.76. The second-order valence-corrected chi connectivity index (χ2v) is 9.60. The lowest BCUT2D eigenvalue weighted by Gasteiger charge is -2.35. The molecule has 11 heteroatoms. The lowest BCUT2D eigenvalue weighted by molar-refractivity contribution is -0.141. The van der Waals surface area contributed by atoms with Crippen LogP contribution in [0, 0.1) is 5.82 Å². The molecule has 4 aromatic rings. The van der Waals surface area contributed by atoms with Crippen molar-refractivity contribution in [1.82, 2.24) is 24.6 Å². The number of hydrogen-bond donors (Lipinski definition) is 1. The van der Waals surface area contributed by atoms with E-state index in [9.17, 15) is 9.18 Å². The van der Waals surface area contributed by atoms with Gasteiger partial charge in [0.2, 0.25) is 5.95 Å². The molecule has 1 unspecified atom stereocenters. The van der Waals surface area contributed by atoms with Crippen molar-refractivity contribution in [2.24, 2.45) is 0 Å². The molecule has 0 aliphatic carbocycles. The van der Waals surface area contributed by atoms with Crippen molar-refractivity contribution in [3.63, 3.8) is 0 Å². The number of nitrogens with two attached hydrogens (primary N) is 1. The van der Waals surface area contributed by atoms with E-state index in [-0.39, 0.29) is 17.8 Å². The maximum atomic E-state index is 13.7. The third-order valence-electron chi connectivity index (χ3n) is 6.83. The van der Waals surface area contributed by atoms with Crippen molar-refractivity contribution < 1.29 is 13.9 Å². The molecular formula is C26H25ClFN7O2. The van der Waals surface area contributed by atoms with Crippen molar-refractivity contribution in [3.8, 4) is 16.9 Å². The van der Waals surface area contributed by atoms with E-state index in [2.05, 4.69) is 5.10 Å². The minimum atomic E-state index is -0.342. The maximum Gasteiger partial charge on any atom is 0.251 e. The summed E-state index contributed by atoms with van der Waals surface area (Å²) in [6.07, 6.45) is 1.36. The summed E-state index contributed by atoms with van der Waals surface area (Å²) in [6, 6.07) is 13.3. The zero-order chi connectivity index (χ0) is 25.5. The number of fused-ring (bicyclic) bond motifs is 1. The van der Waals surface area contributed by atoms with E-state index in [0.717, 1.165) is 18.5 Å². The average Bonchev–Trinajstić information content (AvgIpc) is 3.58. The molecule has 2 saturated heterocycles. The highest BCUT2D eigenvalue weighted by atomic mass is 35.5. The molecule has 2 fully saturated rings. The first-order valence-corrected chi connectivity index (χ1v) is 12.6. The summed E-state index contributed by atoms with van der Waals surface area (Å²) < 4.78 is 20.9. The number of ether oxygens (including phenoxy) is 1. The van der Waals surface area contributed by atoms with Gasteiger partial charge in [-0.05, 0) is 61.4 Å². The van der Waals surface area contributed by atoms with Gasteiger partial charge >= 0.3 is 0 Å². The molecule has 0 spiro atoms. The predicted molar refractivity (Wildman–Crippen MR) is 139 cm³/mol. The topological polar surface area (TPSA) is 102 Å². The van der Waals surface area contributed by atoms with E-state index in [1.165, 1.54) is 12.1 Å². The van der Waals surface area contributed by atoms with Crippen LogP contribution in [0.15, 0.2) is 48.5 Å². The summed E-state index contributed by atoms with van der Waals surface area (Å²) in [4.78, 5) is 26.3. The van der Waals surface area contributed by atoms with Crippen molar-refractivity contribution >= 4 is 40.3 Å². The molecule has 0 saturated carbocycles. The number of nitrogen functional groups attached to an aromatic ring is 1. The largest absolute Gasteiger partial charge is 0.383 e. The first-order chi connectivity index (χ1) is 18.0. The normalized spacial score (nSPS) is 18.1. The second kappa shape index (κ2) is 9.60. The smallest absolute Gasteiger partial charge is 0.251 e. The van der Waals surface area contributed by atoms with Gasteiger partial charge in [-0.15, -0.1) is 5.10 Å². The molecular weight excluding hydrogens is 497 g/mol. The fraction of sp³-hybridized carbons (Fsp3) is 0.308. The molecule has 2 aliphatic heterocycles. The van der Waals surface area contributed by atoms with Crippen molar-refractivity contribution in [2.45, 2.75) is 18.9 Å². The summed E-state index contributed by atoms with van der Waals surface area (Å²) >= 11 is 6.06. The van der Waals surface area contributed by atoms with Crippen LogP contribution in [0.5, 0.6) is 0 Å². The van der Waals surface area contributed by atoms with Crippen LogP contribution in [0.25, 0.3) is 28.0 Å². The van der Waals surface area contributed by atoms with Gasteiger partial charge < -0.3 is 20.3 Å². The Morgan fingerprint density at radius 2 is 1.76 bits per heavy atom. The molecule has 2 aromatic carbocycles. The van der Waals surface area contributed by atoms with E-state index in [1.54, 1.807) is 28.9 Å². The molecule has 2 N–H and O–H groups in total. The van der Waals surface area contributed by atoms with Crippen molar-refractivity contribution in [1.29, 1.82) is 0 Å². The Labute approximate surface area is 217 Å². The molecule has 4 heterocycles. The van der Waals surface area contributed by atoms with Crippen LogP contribution in [0.2, 0.25) is 5.02 Å². The lowest BCUT2D eigenvalue weighted by atomic mass is 10.1. The number of piperazine rings is 1. The highest BCUT2D eigenvalue weighted by molar-refractivity contribution is 6.30. The summed E-state index contributed by atoms with van der Waals surface area (Å²) in [6.45, 7) is 2.88. The van der Waals surface area contributed by atoms with Crippen LogP contribution >= 0.6 is 11.6 Å². The van der Waals surface area contributed by atoms with Crippen LogP contribution in [-0.4, -0.2) is 69.4 Å². The zero-order valence-electron chi connectivity index (χ0n) is 20.0. The maximum absolute atomic E-state index is 13.7. The number of anilines is 2. The van der Waals surface area contributed by atoms with E-state index in [1.807, 2.05) is 21.9 Å². The Morgan fingerprint density at radius 3 is 2.43 bits per heavy atom. The monoisotopic (exact) mass is 521 g/mol. The van der Waals surface area contributed by atoms with Crippen molar-refractivity contribution in [3.05, 3.63) is 59.4 Å². The third kappa shape index (κ3) is 4.47. The minimum Gasteiger partial charge on any atom is -0.383 e. The number of amides is 1. The number of nitrogens with zero attached hydrogens (tertiary/aromatic N) is 6. The Bertz CT molecular complexity index is 1440. The summed E-state index contributed by atoms with van der Waals surface area (Å²) in [5, 5.41) is 5.87. The summed E-state index contributed by atoms with van der Waals surface area (Å²) in [5.41, 5.74) is 8.98. The fourth-order valence-corrected chi connectivity index (χ4v) is 4.97. The van der Waals surface area contributed by atoms with Gasteiger partial charge in [-0.3, -0.25) is 4.79 Å². The Balaban J connectivity index is 1.37. The number of hydrogen-bond acceptors (Lipinski definition) is 7. The van der Waals surface area contributed by atoms with Crippen molar-refractivity contribution in [2.75, 3.05) is 43.4 Å². The van der Waals surface area contributed by atoms with E-state index in [4.69, 9.17) is 32.0 Å². The summed E-state index contributed by atoms with van der Waals surface area (Å²) in [5.74, 6) is 0.563. The van der Waals surface area contributed by atoms with Crippen LogP contribution in [-0.2, 0) is 9.53 Å². The molecule has 0 radical (unpaired) electrons. The van der Waals surface area contributed by atoms with Gasteiger partial charge in [0, 0.05) is 43.4 Å². The number of carbonyl (C=O) groups is 1. The predicted octanol–water partition coefficient (Wildman–Crippen LogP) is 3.68. The standard InChI is InChI=1S/C26H25ClFN7O2/c27-17-5-9-19(10-6-17)35-23(29)21-22(16-3-7-18(28)8-4-16)30-26(31-24(21)32-35)34-13-11-33(12-14-34)25(36)20-2-1-15-37-20/h3-10,20H,1-2,11-15,29H2. The van der Waals surface area contributed by atoms with Gasteiger partial charge in [-0.25, -0.2) is 14.1 Å². The average molecular weight is 522 g/mol. The molecule has 37 heavy (non-hydrogen) atoms. The molecule has 2 aromatic heterocycles. The Kier molecular flexibility index (Phi) is 6.13. The van der Waals surface area contributed by atoms with Crippen LogP contribution < -0.4 is 10.6 Å². The zero-order valence-corrected chi connectivity index (χ0v) is 20.7. The van der Waals surface area contributed by atoms with Gasteiger partial charge in [0.1, 0.15) is 17.7 Å². The molecule has 1 amide bonds. The number of aromatic nitrogens is 4. The third-order valence-corrected chi connectivity index (χ3v) is 7.08. The molecule has 190 valence electrons. The van der Waals surface area contributed by atoms with Crippen LogP contribution in [0.3, 0.4) is 0 Å². The molecule has 0 bridgehead atoms. The fourth-order valence-electron chi connectivity index (χ4n) is 4.84. The Morgan fingerprint density at radius 1 is 1.03 bits per heavy atom. The minimum absolute atomic E-state index is 0.0509. The first-order valence-electron chi connectivity index (χ1n) is 12.2. The molecule has 2 aliphatic rings. The molecule has 9 nitrogen and oxygen atoms in total. The SMILES string of the molecule is Nc1c2c(-c3ccc(F)cc3)nc(N3CCN(C(=O)C4CCCO4)CC3)nc2nn1-c1ccc(Cl)cc1. The number of rotatable bonds is 4. The number of benzene rings is 2. The highest BCUT2D eigenvalue weighted by Gasteiger charge is 2.31. The molecule has 1 atom stereocenters. The first kappa shape index (κ1) is 23.6. The lowest BCUT2D eigenvalue weighted by Crippen LogP contribution is -2.51. The van der Waals surface area contributed by atoms with E-state index in [0.29, 0.717) is 71.9 Å². The number of carbonyl (C=O) groups excluding carboxylic acids is 1. The van der Waals surface area contributed by atoms with Gasteiger partial charge in [0.15, 0.2) is 5.65 Å². The van der Waals surface area contributed by atoms with Gasteiger partial charge in [-0.1, -0.05) is 11.6 Å². The van der Waals surface area contributed by atoms with Gasteiger partial charge in [0.05, 0.1) is 16.8 Å².